The van der Waals surface area contributed by atoms with E-state index in [4.69, 9.17) is 4.74 Å². The number of benzene rings is 1. The summed E-state index contributed by atoms with van der Waals surface area (Å²) in [5, 5.41) is 15.8. The van der Waals surface area contributed by atoms with Gasteiger partial charge in [-0.25, -0.2) is 9.50 Å². The predicted molar refractivity (Wildman–Crippen MR) is 94.3 cm³/mol. The Labute approximate surface area is 148 Å². The third-order valence-electron chi connectivity index (χ3n) is 3.85. The second kappa shape index (κ2) is 7.06. The molecule has 0 saturated carbocycles. The summed E-state index contributed by atoms with van der Waals surface area (Å²) in [6, 6.07) is 6.14. The van der Waals surface area contributed by atoms with Crippen LogP contribution in [0.4, 0.5) is 5.69 Å². The van der Waals surface area contributed by atoms with Crippen LogP contribution in [-0.4, -0.2) is 36.9 Å². The highest BCUT2D eigenvalue weighted by Gasteiger charge is 2.11. The van der Waals surface area contributed by atoms with Gasteiger partial charge in [-0.3, -0.25) is 10.1 Å². The molecule has 25 heavy (non-hydrogen) atoms. The van der Waals surface area contributed by atoms with Crippen LogP contribution in [0, 0.1) is 30.9 Å². The molecule has 0 unspecified atom stereocenters. The van der Waals surface area contributed by atoms with Crippen molar-refractivity contribution in [1.82, 2.24) is 19.6 Å². The Morgan fingerprint density at radius 1 is 1.28 bits per heavy atom. The number of hydrogen-bond acceptors (Lipinski definition) is 7. The van der Waals surface area contributed by atoms with Gasteiger partial charge >= 0.3 is 0 Å². The van der Waals surface area contributed by atoms with Gasteiger partial charge in [0.2, 0.25) is 5.16 Å². The molecule has 130 valence electrons. The molecule has 0 spiro atoms. The predicted octanol–water partition coefficient (Wildman–Crippen LogP) is 3.13. The molecule has 0 aliphatic carbocycles. The molecule has 0 bridgehead atoms. The van der Waals surface area contributed by atoms with Crippen LogP contribution in [0.25, 0.3) is 5.78 Å². The summed E-state index contributed by atoms with van der Waals surface area (Å²) < 4.78 is 7.29. The molecule has 0 N–H and O–H groups in total. The fourth-order valence-corrected chi connectivity index (χ4v) is 2.91. The summed E-state index contributed by atoms with van der Waals surface area (Å²) in [6.45, 7) is 6.35. The van der Waals surface area contributed by atoms with E-state index in [1.54, 1.807) is 16.6 Å². The van der Waals surface area contributed by atoms with E-state index in [9.17, 15) is 10.1 Å². The van der Waals surface area contributed by atoms with Crippen molar-refractivity contribution in [2.45, 2.75) is 25.9 Å². The maximum absolute atomic E-state index is 10.7. The van der Waals surface area contributed by atoms with E-state index in [0.29, 0.717) is 29.0 Å². The standard InChI is InChI=1S/C16H17N5O3S/c1-10-11(2)17-15-18-16(19-20(15)12(10)3)25-8-7-24-14-6-4-5-13(9-14)21(22)23/h4-6,9H,7-8H2,1-3H3. The zero-order valence-corrected chi connectivity index (χ0v) is 14.9. The average Bonchev–Trinajstić information content (AvgIpc) is 3.00. The van der Waals surface area contributed by atoms with Gasteiger partial charge in [-0.2, -0.15) is 4.98 Å². The SMILES string of the molecule is Cc1nc2nc(SCCOc3cccc([N+](=O)[O-])c3)nn2c(C)c1C. The summed E-state index contributed by atoms with van der Waals surface area (Å²) >= 11 is 1.45. The van der Waals surface area contributed by atoms with Gasteiger partial charge in [0.1, 0.15) is 5.75 Å². The number of non-ortho nitro benzene ring substituents is 1. The van der Waals surface area contributed by atoms with Crippen LogP contribution in [0.15, 0.2) is 29.4 Å². The first-order valence-electron chi connectivity index (χ1n) is 7.66. The molecule has 3 aromatic rings. The zero-order valence-electron chi connectivity index (χ0n) is 14.1. The van der Waals surface area contributed by atoms with Crippen LogP contribution >= 0.6 is 11.8 Å². The monoisotopic (exact) mass is 359 g/mol. The van der Waals surface area contributed by atoms with Gasteiger partial charge in [-0.1, -0.05) is 17.8 Å². The highest BCUT2D eigenvalue weighted by atomic mass is 32.2. The average molecular weight is 359 g/mol. The molecule has 1 aromatic carbocycles. The summed E-state index contributed by atoms with van der Waals surface area (Å²) in [6.07, 6.45) is 0. The zero-order chi connectivity index (χ0) is 18.0. The first kappa shape index (κ1) is 17.2. The van der Waals surface area contributed by atoms with Crippen LogP contribution < -0.4 is 4.74 Å². The van der Waals surface area contributed by atoms with Crippen LogP contribution in [0.3, 0.4) is 0 Å². The quantitative estimate of drug-likeness (QED) is 0.289. The summed E-state index contributed by atoms with van der Waals surface area (Å²) in [7, 11) is 0. The molecule has 0 aliphatic heterocycles. The Balaban J connectivity index is 1.61. The number of thioether (sulfide) groups is 1. The number of nitrogens with zero attached hydrogens (tertiary/aromatic N) is 5. The van der Waals surface area contributed by atoms with Gasteiger partial charge in [-0.05, 0) is 32.4 Å². The molecular weight excluding hydrogens is 342 g/mol. The molecule has 9 heteroatoms. The Kier molecular flexibility index (Phi) is 4.84. The van der Waals surface area contributed by atoms with Crippen molar-refractivity contribution in [1.29, 1.82) is 0 Å². The molecule has 0 fully saturated rings. The van der Waals surface area contributed by atoms with Gasteiger partial charge in [0, 0.05) is 23.2 Å². The van der Waals surface area contributed by atoms with Crippen molar-refractivity contribution < 1.29 is 9.66 Å². The number of rotatable bonds is 6. The summed E-state index contributed by atoms with van der Waals surface area (Å²) in [4.78, 5) is 19.2. The lowest BCUT2D eigenvalue weighted by Crippen LogP contribution is -2.02. The van der Waals surface area contributed by atoms with Crippen molar-refractivity contribution in [2.24, 2.45) is 0 Å². The largest absolute Gasteiger partial charge is 0.492 e. The lowest BCUT2D eigenvalue weighted by atomic mass is 10.2. The molecule has 0 amide bonds. The van der Waals surface area contributed by atoms with E-state index < -0.39 is 4.92 Å². The van der Waals surface area contributed by atoms with E-state index in [2.05, 4.69) is 15.1 Å². The topological polar surface area (TPSA) is 95.5 Å². The van der Waals surface area contributed by atoms with Gasteiger partial charge in [0.15, 0.2) is 0 Å². The van der Waals surface area contributed by atoms with Crippen LogP contribution in [0.5, 0.6) is 5.75 Å². The van der Waals surface area contributed by atoms with Crippen molar-refractivity contribution in [3.8, 4) is 5.75 Å². The van der Waals surface area contributed by atoms with E-state index >= 15 is 0 Å². The first-order valence-corrected chi connectivity index (χ1v) is 8.65. The number of ether oxygens (including phenoxy) is 1. The summed E-state index contributed by atoms with van der Waals surface area (Å²) in [5.74, 6) is 1.68. The molecule has 2 aromatic heterocycles. The smallest absolute Gasteiger partial charge is 0.273 e. The highest BCUT2D eigenvalue weighted by Crippen LogP contribution is 2.21. The molecule has 8 nitrogen and oxygen atoms in total. The number of hydrogen-bond donors (Lipinski definition) is 0. The van der Waals surface area contributed by atoms with Gasteiger partial charge in [0.05, 0.1) is 17.6 Å². The third kappa shape index (κ3) is 3.71. The second-order valence-corrected chi connectivity index (χ2v) is 6.53. The molecular formula is C16H17N5O3S. The third-order valence-corrected chi connectivity index (χ3v) is 4.66. The summed E-state index contributed by atoms with van der Waals surface area (Å²) in [5.41, 5.74) is 3.08. The Hall–Kier alpha value is -2.68. The van der Waals surface area contributed by atoms with Crippen molar-refractivity contribution in [2.75, 3.05) is 12.4 Å². The molecule has 0 atom stereocenters. The van der Waals surface area contributed by atoms with E-state index in [1.165, 1.54) is 23.9 Å². The number of aromatic nitrogens is 4. The minimum atomic E-state index is -0.443. The normalized spacial score (nSPS) is 11.0. The number of aryl methyl sites for hydroxylation is 2. The molecule has 0 aliphatic rings. The minimum absolute atomic E-state index is 0.0134. The second-order valence-electron chi connectivity index (χ2n) is 5.47. The Morgan fingerprint density at radius 3 is 2.84 bits per heavy atom. The van der Waals surface area contributed by atoms with Crippen LogP contribution in [0.2, 0.25) is 0 Å². The molecule has 2 heterocycles. The number of nitro benzene ring substituents is 1. The fraction of sp³-hybridized carbons (Fsp3) is 0.312. The van der Waals surface area contributed by atoms with Crippen molar-refractivity contribution >= 4 is 23.2 Å². The minimum Gasteiger partial charge on any atom is -0.492 e. The highest BCUT2D eigenvalue weighted by molar-refractivity contribution is 7.99. The van der Waals surface area contributed by atoms with Crippen LogP contribution in [-0.2, 0) is 0 Å². The van der Waals surface area contributed by atoms with E-state index in [0.717, 1.165) is 17.0 Å². The van der Waals surface area contributed by atoms with Gasteiger partial charge in [0.25, 0.3) is 11.5 Å². The fourth-order valence-electron chi connectivity index (χ4n) is 2.28. The van der Waals surface area contributed by atoms with Crippen LogP contribution in [0.1, 0.15) is 17.0 Å². The van der Waals surface area contributed by atoms with Crippen molar-refractivity contribution in [3.63, 3.8) is 0 Å². The molecule has 0 radical (unpaired) electrons. The number of nitro groups is 1. The number of fused-ring (bicyclic) bond motifs is 1. The molecule has 0 saturated heterocycles. The van der Waals surface area contributed by atoms with E-state index in [1.807, 2.05) is 20.8 Å². The van der Waals surface area contributed by atoms with E-state index in [-0.39, 0.29) is 5.69 Å². The maximum atomic E-state index is 10.7. The lowest BCUT2D eigenvalue weighted by Gasteiger charge is -2.04. The lowest BCUT2D eigenvalue weighted by molar-refractivity contribution is -0.384. The van der Waals surface area contributed by atoms with Gasteiger partial charge < -0.3 is 4.74 Å². The van der Waals surface area contributed by atoms with Gasteiger partial charge in [-0.15, -0.1) is 5.10 Å². The van der Waals surface area contributed by atoms with Crippen molar-refractivity contribution in [3.05, 3.63) is 51.3 Å². The Bertz CT molecular complexity index is 941. The maximum Gasteiger partial charge on any atom is 0.273 e. The molecule has 3 rings (SSSR count). The first-order chi connectivity index (χ1) is 12.0. The Morgan fingerprint density at radius 2 is 2.08 bits per heavy atom.